The third kappa shape index (κ3) is 0.940. The van der Waals surface area contributed by atoms with E-state index >= 15 is 0 Å². The number of aromatic nitrogens is 1. The van der Waals surface area contributed by atoms with Crippen LogP contribution >= 0.6 is 0 Å². The lowest BCUT2D eigenvalue weighted by atomic mass is 10.2. The monoisotopic (exact) mass is 158 g/mol. The van der Waals surface area contributed by atoms with Gasteiger partial charge in [0.05, 0.1) is 0 Å². The first kappa shape index (κ1) is 6.86. The number of nitrogens with zero attached hydrogens (tertiary/aromatic N) is 2. The van der Waals surface area contributed by atoms with E-state index in [1.807, 2.05) is 31.2 Å². The second kappa shape index (κ2) is 2.35. The highest BCUT2D eigenvalue weighted by atomic mass is 16.3. The minimum Gasteiger partial charge on any atom is -0.428 e. The molecule has 2 aromatic rings. The average Bonchev–Trinajstić information content (AvgIpc) is 2.46. The molecule has 12 heavy (non-hydrogen) atoms. The molecule has 1 heterocycles. The summed E-state index contributed by atoms with van der Waals surface area (Å²) in [7, 11) is 0. The Hall–Kier alpha value is -1.82. The zero-order valence-electron chi connectivity index (χ0n) is 6.53. The van der Waals surface area contributed by atoms with Crippen LogP contribution in [0.5, 0.6) is 0 Å². The topological polar surface area (TPSA) is 49.8 Å². The van der Waals surface area contributed by atoms with Crippen LogP contribution in [-0.4, -0.2) is 4.98 Å². The fourth-order valence-corrected chi connectivity index (χ4v) is 1.09. The van der Waals surface area contributed by atoms with E-state index in [-0.39, 0.29) is 5.89 Å². The number of benzene rings is 1. The van der Waals surface area contributed by atoms with Gasteiger partial charge in [-0.05, 0) is 24.6 Å². The lowest BCUT2D eigenvalue weighted by Gasteiger charge is -1.87. The van der Waals surface area contributed by atoms with Gasteiger partial charge in [0, 0.05) is 0 Å². The maximum atomic E-state index is 8.50. The Morgan fingerprint density at radius 3 is 3.08 bits per heavy atom. The molecule has 0 aliphatic rings. The van der Waals surface area contributed by atoms with Crippen LogP contribution in [0, 0.1) is 18.3 Å². The number of hydrogen-bond acceptors (Lipinski definition) is 3. The van der Waals surface area contributed by atoms with Gasteiger partial charge in [-0.25, -0.2) is 0 Å². The molecule has 58 valence electrons. The minimum atomic E-state index is 0.121. The molecule has 0 atom stereocenters. The highest BCUT2D eigenvalue weighted by Crippen LogP contribution is 2.15. The number of oxazole rings is 1. The fraction of sp³-hybridized carbons (Fsp3) is 0.111. The van der Waals surface area contributed by atoms with Crippen LogP contribution in [0.3, 0.4) is 0 Å². The number of fused-ring (bicyclic) bond motifs is 1. The summed E-state index contributed by atoms with van der Waals surface area (Å²) >= 11 is 0. The van der Waals surface area contributed by atoms with Crippen LogP contribution in [0.25, 0.3) is 11.1 Å². The van der Waals surface area contributed by atoms with Crippen molar-refractivity contribution in [1.29, 1.82) is 5.26 Å². The van der Waals surface area contributed by atoms with E-state index in [2.05, 4.69) is 4.98 Å². The van der Waals surface area contributed by atoms with Crippen molar-refractivity contribution >= 4 is 11.1 Å². The molecule has 0 aliphatic carbocycles. The predicted molar refractivity (Wildman–Crippen MR) is 43.5 cm³/mol. The van der Waals surface area contributed by atoms with E-state index < -0.39 is 0 Å². The molecule has 0 spiro atoms. The molecule has 1 aromatic carbocycles. The maximum Gasteiger partial charge on any atom is 0.301 e. The maximum absolute atomic E-state index is 8.50. The average molecular weight is 158 g/mol. The molecule has 0 aliphatic heterocycles. The third-order valence-electron chi connectivity index (χ3n) is 1.64. The first-order valence-electron chi connectivity index (χ1n) is 3.57. The van der Waals surface area contributed by atoms with Gasteiger partial charge in [-0.15, -0.1) is 0 Å². The molecule has 0 saturated carbocycles. The highest BCUT2D eigenvalue weighted by molar-refractivity contribution is 5.73. The van der Waals surface area contributed by atoms with Gasteiger partial charge in [-0.2, -0.15) is 10.2 Å². The van der Waals surface area contributed by atoms with E-state index in [4.69, 9.17) is 9.68 Å². The lowest BCUT2D eigenvalue weighted by Crippen LogP contribution is -1.71. The largest absolute Gasteiger partial charge is 0.428 e. The Labute approximate surface area is 69.2 Å². The summed E-state index contributed by atoms with van der Waals surface area (Å²) in [6.07, 6.45) is 0. The summed E-state index contributed by atoms with van der Waals surface area (Å²) in [4.78, 5) is 3.96. The number of rotatable bonds is 0. The van der Waals surface area contributed by atoms with Gasteiger partial charge in [0.25, 0.3) is 0 Å². The molecule has 3 heteroatoms. The van der Waals surface area contributed by atoms with Gasteiger partial charge in [0.1, 0.15) is 5.52 Å². The summed E-state index contributed by atoms with van der Waals surface area (Å²) < 4.78 is 5.10. The standard InChI is InChI=1S/C9H6N2O/c1-6-2-3-8-7(4-6)11-9(5-10)12-8/h2-4H,1H3. The van der Waals surface area contributed by atoms with E-state index in [1.54, 1.807) is 0 Å². The molecule has 3 nitrogen and oxygen atoms in total. The van der Waals surface area contributed by atoms with Gasteiger partial charge in [0.15, 0.2) is 11.7 Å². The number of hydrogen-bond donors (Lipinski definition) is 0. The molecule has 0 saturated heterocycles. The SMILES string of the molecule is Cc1ccc2oc(C#N)nc2c1. The zero-order valence-corrected chi connectivity index (χ0v) is 6.53. The Bertz CT molecular complexity index is 465. The molecule has 0 unspecified atom stereocenters. The highest BCUT2D eigenvalue weighted by Gasteiger charge is 2.03. The Morgan fingerprint density at radius 1 is 1.50 bits per heavy atom. The lowest BCUT2D eigenvalue weighted by molar-refractivity contribution is 0.584. The predicted octanol–water partition coefficient (Wildman–Crippen LogP) is 2.01. The number of aryl methyl sites for hydroxylation is 1. The van der Waals surface area contributed by atoms with Crippen LogP contribution in [0.4, 0.5) is 0 Å². The van der Waals surface area contributed by atoms with Gasteiger partial charge in [-0.1, -0.05) is 6.07 Å². The van der Waals surface area contributed by atoms with Crippen molar-refractivity contribution in [2.45, 2.75) is 6.92 Å². The molecule has 0 bridgehead atoms. The summed E-state index contributed by atoms with van der Waals surface area (Å²) in [5.41, 5.74) is 2.52. The molecule has 0 radical (unpaired) electrons. The first-order valence-corrected chi connectivity index (χ1v) is 3.57. The van der Waals surface area contributed by atoms with E-state index in [0.29, 0.717) is 5.58 Å². The van der Waals surface area contributed by atoms with Crippen LogP contribution < -0.4 is 0 Å². The summed E-state index contributed by atoms with van der Waals surface area (Å²) in [6.45, 7) is 1.97. The van der Waals surface area contributed by atoms with Gasteiger partial charge >= 0.3 is 5.89 Å². The molecular weight excluding hydrogens is 152 g/mol. The summed E-state index contributed by atoms with van der Waals surface area (Å²) in [5, 5.41) is 8.50. The van der Waals surface area contributed by atoms with Gasteiger partial charge in [-0.3, -0.25) is 0 Å². The van der Waals surface area contributed by atoms with Crippen molar-refractivity contribution in [2.75, 3.05) is 0 Å². The van der Waals surface area contributed by atoms with Crippen LogP contribution in [-0.2, 0) is 0 Å². The first-order chi connectivity index (χ1) is 5.79. The van der Waals surface area contributed by atoms with Crippen LogP contribution in [0.15, 0.2) is 22.6 Å². The minimum absolute atomic E-state index is 0.121. The molecule has 0 N–H and O–H groups in total. The van der Waals surface area contributed by atoms with Crippen molar-refractivity contribution in [3.8, 4) is 6.07 Å². The smallest absolute Gasteiger partial charge is 0.301 e. The Balaban J connectivity index is 2.77. The second-order valence-corrected chi connectivity index (χ2v) is 2.60. The fourth-order valence-electron chi connectivity index (χ4n) is 1.09. The van der Waals surface area contributed by atoms with Crippen molar-refractivity contribution in [3.63, 3.8) is 0 Å². The van der Waals surface area contributed by atoms with Crippen LogP contribution in [0.1, 0.15) is 11.5 Å². The van der Waals surface area contributed by atoms with Crippen molar-refractivity contribution in [2.24, 2.45) is 0 Å². The molecular formula is C9H6N2O. The normalized spacial score (nSPS) is 10.0. The summed E-state index contributed by atoms with van der Waals surface area (Å²) in [6, 6.07) is 7.49. The molecule has 2 rings (SSSR count). The van der Waals surface area contributed by atoms with Crippen molar-refractivity contribution < 1.29 is 4.42 Å². The molecule has 0 fully saturated rings. The second-order valence-electron chi connectivity index (χ2n) is 2.60. The van der Waals surface area contributed by atoms with Crippen molar-refractivity contribution in [3.05, 3.63) is 29.7 Å². The summed E-state index contributed by atoms with van der Waals surface area (Å²) in [5.74, 6) is 0.121. The molecule has 1 aromatic heterocycles. The van der Waals surface area contributed by atoms with E-state index in [1.165, 1.54) is 0 Å². The van der Waals surface area contributed by atoms with E-state index in [9.17, 15) is 0 Å². The van der Waals surface area contributed by atoms with E-state index in [0.717, 1.165) is 11.1 Å². The Morgan fingerprint density at radius 2 is 2.33 bits per heavy atom. The van der Waals surface area contributed by atoms with Gasteiger partial charge < -0.3 is 4.42 Å². The third-order valence-corrected chi connectivity index (χ3v) is 1.64. The van der Waals surface area contributed by atoms with Crippen molar-refractivity contribution in [1.82, 2.24) is 4.98 Å². The number of nitriles is 1. The van der Waals surface area contributed by atoms with Crippen LogP contribution in [0.2, 0.25) is 0 Å². The molecule has 0 amide bonds. The Kier molecular flexibility index (Phi) is 1.34. The zero-order chi connectivity index (χ0) is 8.55. The van der Waals surface area contributed by atoms with Gasteiger partial charge in [0.2, 0.25) is 0 Å². The quantitative estimate of drug-likeness (QED) is 0.589.